The van der Waals surface area contributed by atoms with Gasteiger partial charge in [-0.3, -0.25) is 4.79 Å². The molecule has 2 aliphatic heterocycles. The summed E-state index contributed by atoms with van der Waals surface area (Å²) in [6.07, 6.45) is 4.37. The minimum atomic E-state index is -0.775. The highest BCUT2D eigenvalue weighted by molar-refractivity contribution is 7.80. The van der Waals surface area contributed by atoms with Crippen LogP contribution in [0, 0.1) is 0 Å². The number of thiocarbonyl (C=S) groups is 1. The number of nitrogens with one attached hydrogen (secondary N) is 1. The molecule has 2 N–H and O–H groups in total. The van der Waals surface area contributed by atoms with Gasteiger partial charge in [0.2, 0.25) is 0 Å². The maximum absolute atomic E-state index is 10.7. The summed E-state index contributed by atoms with van der Waals surface area (Å²) in [7, 11) is 0. The molecule has 3 heterocycles. The lowest BCUT2D eigenvalue weighted by atomic mass is 10.1. The molecule has 2 aliphatic rings. The quantitative estimate of drug-likeness (QED) is 0.728. The molecule has 3 rings (SSSR count). The van der Waals surface area contributed by atoms with E-state index in [9.17, 15) is 4.79 Å². The molecular formula is C17H24N4O2S. The molecular weight excluding hydrogens is 324 g/mol. The number of anilines is 1. The normalized spacial score (nSPS) is 16.9. The number of hydrogen-bond donors (Lipinski definition) is 2. The summed E-state index contributed by atoms with van der Waals surface area (Å²) in [4.78, 5) is 19.6. The van der Waals surface area contributed by atoms with Gasteiger partial charge >= 0.3 is 5.97 Å². The molecule has 0 aromatic carbocycles. The van der Waals surface area contributed by atoms with E-state index in [2.05, 4.69) is 22.3 Å². The monoisotopic (exact) mass is 348 g/mol. The summed E-state index contributed by atoms with van der Waals surface area (Å²) in [6, 6.07) is 4.32. The molecule has 0 bridgehead atoms. The molecule has 1 aromatic rings. The molecule has 1 aromatic heterocycles. The minimum absolute atomic E-state index is 0.139. The van der Waals surface area contributed by atoms with Gasteiger partial charge in [0.1, 0.15) is 5.82 Å². The standard InChI is InChI=1S/C17H24N4O2S/c22-15(23)7-10-21-12-11-20(17(21)24)9-2-4-14-6-5-13-3-1-8-18-16(13)19-14/h5-6H,1-4,7-12H2,(H,18,19)(H,22,23). The fourth-order valence-corrected chi connectivity index (χ4v) is 3.60. The zero-order chi connectivity index (χ0) is 16.9. The molecule has 1 saturated heterocycles. The van der Waals surface area contributed by atoms with Crippen LogP contribution in [0.5, 0.6) is 0 Å². The predicted octanol–water partition coefficient (Wildman–Crippen LogP) is 1.75. The molecule has 0 spiro atoms. The van der Waals surface area contributed by atoms with Gasteiger partial charge in [0.15, 0.2) is 5.11 Å². The smallest absolute Gasteiger partial charge is 0.305 e. The third-order valence-electron chi connectivity index (χ3n) is 4.59. The van der Waals surface area contributed by atoms with Crippen LogP contribution >= 0.6 is 12.2 Å². The van der Waals surface area contributed by atoms with Gasteiger partial charge in [-0.05, 0) is 49.5 Å². The number of rotatable bonds is 7. The van der Waals surface area contributed by atoms with Crippen molar-refractivity contribution in [2.24, 2.45) is 0 Å². The van der Waals surface area contributed by atoms with E-state index in [0.29, 0.717) is 6.54 Å². The van der Waals surface area contributed by atoms with Gasteiger partial charge in [-0.1, -0.05) is 6.07 Å². The van der Waals surface area contributed by atoms with Crippen molar-refractivity contribution in [1.29, 1.82) is 0 Å². The van der Waals surface area contributed by atoms with E-state index in [1.54, 1.807) is 0 Å². The second-order valence-corrected chi connectivity index (χ2v) is 6.71. The Hall–Kier alpha value is -1.89. The zero-order valence-electron chi connectivity index (χ0n) is 13.8. The number of hydrogen-bond acceptors (Lipinski definition) is 4. The summed E-state index contributed by atoms with van der Waals surface area (Å²) in [6.45, 7) is 4.12. The lowest BCUT2D eigenvalue weighted by Gasteiger charge is -2.21. The highest BCUT2D eigenvalue weighted by atomic mass is 32.1. The summed E-state index contributed by atoms with van der Waals surface area (Å²) in [5, 5.41) is 12.9. The van der Waals surface area contributed by atoms with Crippen LogP contribution in [0.4, 0.5) is 5.82 Å². The molecule has 0 saturated carbocycles. The topological polar surface area (TPSA) is 68.7 Å². The first-order chi connectivity index (χ1) is 11.6. The lowest BCUT2D eigenvalue weighted by molar-refractivity contribution is -0.137. The molecule has 6 nitrogen and oxygen atoms in total. The fraction of sp³-hybridized carbons (Fsp3) is 0.588. The van der Waals surface area contributed by atoms with Crippen molar-refractivity contribution in [2.75, 3.05) is 38.0 Å². The van der Waals surface area contributed by atoms with Crippen LogP contribution in [-0.2, 0) is 17.6 Å². The number of pyridine rings is 1. The third kappa shape index (κ3) is 4.14. The Morgan fingerprint density at radius 2 is 2.08 bits per heavy atom. The third-order valence-corrected chi connectivity index (χ3v) is 5.11. The van der Waals surface area contributed by atoms with Gasteiger partial charge < -0.3 is 20.2 Å². The van der Waals surface area contributed by atoms with Gasteiger partial charge in [0, 0.05) is 38.4 Å². The molecule has 0 amide bonds. The molecule has 7 heteroatoms. The van der Waals surface area contributed by atoms with Crippen LogP contribution in [0.1, 0.15) is 30.5 Å². The highest BCUT2D eigenvalue weighted by Crippen LogP contribution is 2.20. The average molecular weight is 348 g/mol. The molecule has 130 valence electrons. The number of carbonyl (C=O) groups is 1. The Morgan fingerprint density at radius 3 is 2.88 bits per heavy atom. The molecule has 1 fully saturated rings. The first-order valence-electron chi connectivity index (χ1n) is 8.62. The molecule has 0 atom stereocenters. The number of carboxylic acid groups (broad SMARTS) is 1. The number of nitrogens with zero attached hydrogens (tertiary/aromatic N) is 3. The number of carboxylic acids is 1. The van der Waals surface area contributed by atoms with Gasteiger partial charge in [0.25, 0.3) is 0 Å². The Bertz CT molecular complexity index is 623. The summed E-state index contributed by atoms with van der Waals surface area (Å²) in [5.74, 6) is 0.277. The summed E-state index contributed by atoms with van der Waals surface area (Å²) in [5.41, 5.74) is 2.44. The van der Waals surface area contributed by atoms with Crippen LogP contribution in [0.25, 0.3) is 0 Å². The van der Waals surface area contributed by atoms with E-state index in [0.717, 1.165) is 62.1 Å². The Kier molecular flexibility index (Phi) is 5.50. The first kappa shape index (κ1) is 17.0. The fourth-order valence-electron chi connectivity index (χ4n) is 3.24. The number of aryl methyl sites for hydroxylation is 2. The van der Waals surface area contributed by atoms with Gasteiger partial charge in [-0.25, -0.2) is 4.98 Å². The van der Waals surface area contributed by atoms with Crippen LogP contribution in [-0.4, -0.2) is 63.7 Å². The Balaban J connectivity index is 1.45. The molecule has 0 radical (unpaired) electrons. The molecule has 24 heavy (non-hydrogen) atoms. The minimum Gasteiger partial charge on any atom is -0.481 e. The molecule has 0 unspecified atom stereocenters. The van der Waals surface area contributed by atoms with Crippen molar-refractivity contribution in [3.05, 3.63) is 23.4 Å². The number of fused-ring (bicyclic) bond motifs is 1. The highest BCUT2D eigenvalue weighted by Gasteiger charge is 2.24. The van der Waals surface area contributed by atoms with E-state index in [1.165, 1.54) is 12.0 Å². The van der Waals surface area contributed by atoms with Crippen molar-refractivity contribution >= 4 is 29.1 Å². The van der Waals surface area contributed by atoms with E-state index < -0.39 is 5.97 Å². The van der Waals surface area contributed by atoms with Crippen LogP contribution in [0.3, 0.4) is 0 Å². The first-order valence-corrected chi connectivity index (χ1v) is 9.02. The summed E-state index contributed by atoms with van der Waals surface area (Å²) >= 11 is 5.46. The Morgan fingerprint density at radius 1 is 1.29 bits per heavy atom. The number of aromatic nitrogens is 1. The Labute approximate surface area is 147 Å². The average Bonchev–Trinajstić information content (AvgIpc) is 2.93. The van der Waals surface area contributed by atoms with E-state index in [4.69, 9.17) is 22.3 Å². The van der Waals surface area contributed by atoms with E-state index in [-0.39, 0.29) is 6.42 Å². The number of aliphatic carboxylic acids is 1. The lowest BCUT2D eigenvalue weighted by Crippen LogP contribution is -2.33. The SMILES string of the molecule is O=C(O)CCN1CCN(CCCc2ccc3c(n2)NCCC3)C1=S. The zero-order valence-corrected chi connectivity index (χ0v) is 14.6. The second kappa shape index (κ2) is 7.79. The second-order valence-electron chi connectivity index (χ2n) is 6.34. The van der Waals surface area contributed by atoms with Crippen molar-refractivity contribution in [3.63, 3.8) is 0 Å². The van der Waals surface area contributed by atoms with Crippen molar-refractivity contribution in [3.8, 4) is 0 Å². The maximum atomic E-state index is 10.7. The van der Waals surface area contributed by atoms with E-state index >= 15 is 0 Å². The van der Waals surface area contributed by atoms with Crippen molar-refractivity contribution in [2.45, 2.75) is 32.1 Å². The van der Waals surface area contributed by atoms with Crippen molar-refractivity contribution in [1.82, 2.24) is 14.8 Å². The van der Waals surface area contributed by atoms with Gasteiger partial charge in [-0.2, -0.15) is 0 Å². The van der Waals surface area contributed by atoms with Gasteiger partial charge in [-0.15, -0.1) is 0 Å². The molecule has 0 aliphatic carbocycles. The van der Waals surface area contributed by atoms with Crippen LogP contribution in [0.15, 0.2) is 12.1 Å². The van der Waals surface area contributed by atoms with Crippen LogP contribution < -0.4 is 5.32 Å². The van der Waals surface area contributed by atoms with Gasteiger partial charge in [0.05, 0.1) is 6.42 Å². The maximum Gasteiger partial charge on any atom is 0.305 e. The predicted molar refractivity (Wildman–Crippen MR) is 97.4 cm³/mol. The van der Waals surface area contributed by atoms with Crippen molar-refractivity contribution < 1.29 is 9.90 Å². The largest absolute Gasteiger partial charge is 0.481 e. The van der Waals surface area contributed by atoms with E-state index in [1.807, 2.05) is 4.90 Å². The van der Waals surface area contributed by atoms with Crippen LogP contribution in [0.2, 0.25) is 0 Å². The summed E-state index contributed by atoms with van der Waals surface area (Å²) < 4.78 is 0.